The van der Waals surface area contributed by atoms with E-state index in [0.29, 0.717) is 19.8 Å². The van der Waals surface area contributed by atoms with Crippen LogP contribution in [-0.4, -0.2) is 50.2 Å². The molecule has 6 heteroatoms. The van der Waals surface area contributed by atoms with Gasteiger partial charge in [0.05, 0.1) is 13.2 Å². The van der Waals surface area contributed by atoms with Crippen LogP contribution in [0, 0.1) is 0 Å². The van der Waals surface area contributed by atoms with E-state index in [1.165, 1.54) is 0 Å². The van der Waals surface area contributed by atoms with Crippen LogP contribution in [0.4, 0.5) is 0 Å². The fourth-order valence-electron chi connectivity index (χ4n) is 1.43. The van der Waals surface area contributed by atoms with Crippen LogP contribution in [0.25, 0.3) is 0 Å². The molecule has 1 rings (SSSR count). The molecule has 0 aromatic heterocycles. The predicted molar refractivity (Wildman–Crippen MR) is 58.9 cm³/mol. The van der Waals surface area contributed by atoms with Crippen molar-refractivity contribution in [2.24, 2.45) is 0 Å². The molecule has 1 heterocycles. The minimum Gasteiger partial charge on any atom is -0.380 e. The molecule has 1 fully saturated rings. The van der Waals surface area contributed by atoms with E-state index in [0.717, 1.165) is 0 Å². The first kappa shape index (κ1) is 12.9. The Morgan fingerprint density at radius 3 is 3.00 bits per heavy atom. The van der Waals surface area contributed by atoms with E-state index in [1.54, 1.807) is 0 Å². The molecule has 0 aromatic carbocycles. The van der Waals surface area contributed by atoms with Crippen molar-refractivity contribution in [3.8, 4) is 0 Å². The Kier molecular flexibility index (Phi) is 5.21. The van der Waals surface area contributed by atoms with E-state index < -0.39 is 0 Å². The number of amides is 2. The molecular weight excluding hydrogens is 210 g/mol. The van der Waals surface area contributed by atoms with Gasteiger partial charge in [0.1, 0.15) is 6.04 Å². The number of hydrogen-bond donors (Lipinski definition) is 3. The zero-order valence-corrected chi connectivity index (χ0v) is 9.71. The molecule has 2 atom stereocenters. The molecule has 0 aliphatic carbocycles. The van der Waals surface area contributed by atoms with Crippen molar-refractivity contribution in [2.75, 3.05) is 26.3 Å². The molecule has 2 amide bonds. The number of carbonyl (C=O) groups excluding carboxylic acids is 2. The molecule has 1 aliphatic rings. The molecule has 3 N–H and O–H groups in total. The Bertz CT molecular complexity index is 248. The van der Waals surface area contributed by atoms with E-state index >= 15 is 0 Å². The van der Waals surface area contributed by atoms with E-state index in [2.05, 4.69) is 16.0 Å². The summed E-state index contributed by atoms with van der Waals surface area (Å²) in [5.41, 5.74) is 0. The fourth-order valence-corrected chi connectivity index (χ4v) is 1.43. The molecule has 16 heavy (non-hydrogen) atoms. The summed E-state index contributed by atoms with van der Waals surface area (Å²) >= 11 is 0. The Morgan fingerprint density at radius 2 is 2.44 bits per heavy atom. The molecule has 0 aromatic rings. The molecule has 0 radical (unpaired) electrons. The zero-order chi connectivity index (χ0) is 12.0. The van der Waals surface area contributed by atoms with Crippen molar-refractivity contribution in [3.63, 3.8) is 0 Å². The Hall–Kier alpha value is -1.14. The van der Waals surface area contributed by atoms with Crippen molar-refractivity contribution < 1.29 is 14.3 Å². The number of ether oxygens (including phenoxy) is 1. The lowest BCUT2D eigenvalue weighted by Crippen LogP contribution is -2.59. The highest BCUT2D eigenvalue weighted by Gasteiger charge is 2.24. The number of nitrogens with one attached hydrogen (secondary N) is 3. The third-order valence-corrected chi connectivity index (χ3v) is 2.29. The van der Waals surface area contributed by atoms with Gasteiger partial charge in [-0.05, 0) is 13.8 Å². The number of hydrogen-bond acceptors (Lipinski definition) is 4. The monoisotopic (exact) mass is 229 g/mol. The standard InChI is InChI=1S/C10H19N3O3/c1-3-16-6-7(2)13-10(15)8-4-12-9(14)5-11-8/h7-8,11H,3-6H2,1-2H3,(H,12,14)(H,13,15). The molecule has 1 aliphatic heterocycles. The summed E-state index contributed by atoms with van der Waals surface area (Å²) in [7, 11) is 0. The molecule has 0 saturated carbocycles. The minimum absolute atomic E-state index is 0.0214. The van der Waals surface area contributed by atoms with Gasteiger partial charge in [-0.1, -0.05) is 0 Å². The summed E-state index contributed by atoms with van der Waals surface area (Å²) in [5, 5.41) is 8.32. The maximum absolute atomic E-state index is 11.7. The summed E-state index contributed by atoms with van der Waals surface area (Å²) in [5.74, 6) is -0.182. The van der Waals surface area contributed by atoms with Crippen LogP contribution in [0.15, 0.2) is 0 Å². The summed E-state index contributed by atoms with van der Waals surface area (Å²) in [6, 6.07) is -0.367. The number of carbonyl (C=O) groups is 2. The highest BCUT2D eigenvalue weighted by Crippen LogP contribution is 1.91. The normalized spacial score (nSPS) is 22.4. The Morgan fingerprint density at radius 1 is 1.69 bits per heavy atom. The van der Waals surface area contributed by atoms with Crippen LogP contribution >= 0.6 is 0 Å². The highest BCUT2D eigenvalue weighted by molar-refractivity contribution is 5.86. The van der Waals surface area contributed by atoms with Crippen LogP contribution in [0.2, 0.25) is 0 Å². The molecule has 2 unspecified atom stereocenters. The van der Waals surface area contributed by atoms with Crippen LogP contribution < -0.4 is 16.0 Å². The van der Waals surface area contributed by atoms with Crippen molar-refractivity contribution in [1.82, 2.24) is 16.0 Å². The molecule has 6 nitrogen and oxygen atoms in total. The number of piperazine rings is 1. The largest absolute Gasteiger partial charge is 0.380 e. The van der Waals surface area contributed by atoms with Gasteiger partial charge in [0.2, 0.25) is 11.8 Å². The van der Waals surface area contributed by atoms with Crippen molar-refractivity contribution in [3.05, 3.63) is 0 Å². The van der Waals surface area contributed by atoms with Gasteiger partial charge < -0.3 is 15.4 Å². The smallest absolute Gasteiger partial charge is 0.239 e. The molecule has 92 valence electrons. The first-order chi connectivity index (χ1) is 7.63. The minimum atomic E-state index is -0.346. The molecular formula is C10H19N3O3. The first-order valence-electron chi connectivity index (χ1n) is 5.51. The lowest BCUT2D eigenvalue weighted by Gasteiger charge is -2.24. The molecule has 0 spiro atoms. The van der Waals surface area contributed by atoms with E-state index in [4.69, 9.17) is 4.74 Å². The van der Waals surface area contributed by atoms with Gasteiger partial charge in [-0.15, -0.1) is 0 Å². The maximum atomic E-state index is 11.7. The average Bonchev–Trinajstić information content (AvgIpc) is 2.27. The Balaban J connectivity index is 2.26. The topological polar surface area (TPSA) is 79.5 Å². The van der Waals surface area contributed by atoms with Gasteiger partial charge in [0.25, 0.3) is 0 Å². The second kappa shape index (κ2) is 6.44. The van der Waals surface area contributed by atoms with Gasteiger partial charge in [-0.3, -0.25) is 14.9 Å². The SMILES string of the molecule is CCOCC(C)NC(=O)C1CNC(=O)CN1. The zero-order valence-electron chi connectivity index (χ0n) is 9.71. The average molecular weight is 229 g/mol. The van der Waals surface area contributed by atoms with Gasteiger partial charge >= 0.3 is 0 Å². The van der Waals surface area contributed by atoms with Crippen LogP contribution in [0.3, 0.4) is 0 Å². The second-order valence-corrected chi connectivity index (χ2v) is 3.81. The third-order valence-electron chi connectivity index (χ3n) is 2.29. The van der Waals surface area contributed by atoms with Gasteiger partial charge in [-0.25, -0.2) is 0 Å². The summed E-state index contributed by atoms with van der Waals surface area (Å²) in [6.07, 6.45) is 0. The fraction of sp³-hybridized carbons (Fsp3) is 0.800. The van der Waals surface area contributed by atoms with Crippen molar-refractivity contribution in [1.29, 1.82) is 0 Å². The lowest BCUT2D eigenvalue weighted by atomic mass is 10.2. The van der Waals surface area contributed by atoms with E-state index in [-0.39, 0.29) is 30.4 Å². The summed E-state index contributed by atoms with van der Waals surface area (Å²) in [4.78, 5) is 22.6. The number of rotatable bonds is 5. The molecule has 1 saturated heterocycles. The summed E-state index contributed by atoms with van der Waals surface area (Å²) < 4.78 is 5.20. The van der Waals surface area contributed by atoms with E-state index in [9.17, 15) is 9.59 Å². The highest BCUT2D eigenvalue weighted by atomic mass is 16.5. The van der Waals surface area contributed by atoms with E-state index in [1.807, 2.05) is 13.8 Å². The Labute approximate surface area is 95.1 Å². The van der Waals surface area contributed by atoms with Crippen LogP contribution in [0.1, 0.15) is 13.8 Å². The first-order valence-corrected chi connectivity index (χ1v) is 5.51. The second-order valence-electron chi connectivity index (χ2n) is 3.81. The summed E-state index contributed by atoms with van der Waals surface area (Å²) in [6.45, 7) is 5.46. The predicted octanol–water partition coefficient (Wildman–Crippen LogP) is -1.38. The van der Waals surface area contributed by atoms with Crippen LogP contribution in [-0.2, 0) is 14.3 Å². The van der Waals surface area contributed by atoms with Gasteiger partial charge in [0.15, 0.2) is 0 Å². The maximum Gasteiger partial charge on any atom is 0.239 e. The van der Waals surface area contributed by atoms with Crippen molar-refractivity contribution >= 4 is 11.8 Å². The van der Waals surface area contributed by atoms with Crippen molar-refractivity contribution in [2.45, 2.75) is 25.9 Å². The van der Waals surface area contributed by atoms with Gasteiger partial charge in [0, 0.05) is 19.2 Å². The molecule has 0 bridgehead atoms. The quantitative estimate of drug-likeness (QED) is 0.542. The lowest BCUT2D eigenvalue weighted by molar-refractivity contribution is -0.127. The van der Waals surface area contributed by atoms with Crippen LogP contribution in [0.5, 0.6) is 0 Å². The van der Waals surface area contributed by atoms with Gasteiger partial charge in [-0.2, -0.15) is 0 Å². The third kappa shape index (κ3) is 4.16.